The molecule has 3 rings (SSSR count). The van der Waals surface area contributed by atoms with E-state index in [0.717, 1.165) is 25.1 Å². The Hall–Kier alpha value is -1.39. The lowest BCUT2D eigenvalue weighted by Gasteiger charge is -2.33. The summed E-state index contributed by atoms with van der Waals surface area (Å²) in [4.78, 5) is 3.88. The average Bonchev–Trinajstić information content (AvgIpc) is 2.86. The number of benzene rings is 1. The number of nitrogens with zero attached hydrogens (tertiary/aromatic N) is 1. The molecule has 0 aliphatic carbocycles. The molecule has 1 aromatic carbocycles. The van der Waals surface area contributed by atoms with Crippen LogP contribution in [-0.2, 0) is 13.0 Å². The van der Waals surface area contributed by atoms with Crippen molar-refractivity contribution in [2.75, 3.05) is 12.3 Å². The Kier molecular flexibility index (Phi) is 3.29. The maximum atomic E-state index is 13.5. The number of halogens is 1. The molecule has 1 aliphatic rings. The van der Waals surface area contributed by atoms with Crippen LogP contribution in [0, 0.1) is 5.82 Å². The highest BCUT2D eigenvalue weighted by Crippen LogP contribution is 2.33. The molecule has 100 valence electrons. The van der Waals surface area contributed by atoms with Crippen LogP contribution in [0.4, 0.5) is 10.1 Å². The van der Waals surface area contributed by atoms with Crippen LogP contribution in [0.1, 0.15) is 29.0 Å². The Morgan fingerprint density at radius 1 is 1.42 bits per heavy atom. The highest BCUT2D eigenvalue weighted by Gasteiger charge is 2.24. The van der Waals surface area contributed by atoms with Gasteiger partial charge in [0, 0.05) is 24.0 Å². The van der Waals surface area contributed by atoms with Crippen molar-refractivity contribution in [3.63, 3.8) is 0 Å². The summed E-state index contributed by atoms with van der Waals surface area (Å²) >= 11 is 1.84. The first-order chi connectivity index (χ1) is 9.15. The zero-order valence-corrected chi connectivity index (χ0v) is 11.7. The van der Waals surface area contributed by atoms with E-state index in [0.29, 0.717) is 6.04 Å². The second-order valence-corrected chi connectivity index (χ2v) is 6.05. The minimum atomic E-state index is -0.321. The number of thiophene rings is 1. The topological polar surface area (TPSA) is 29.3 Å². The van der Waals surface area contributed by atoms with Gasteiger partial charge in [-0.2, -0.15) is 0 Å². The van der Waals surface area contributed by atoms with Gasteiger partial charge in [0.1, 0.15) is 5.82 Å². The molecule has 2 N–H and O–H groups in total. The van der Waals surface area contributed by atoms with Crippen molar-refractivity contribution in [2.45, 2.75) is 25.9 Å². The number of nitrogen functional groups attached to an aromatic ring is 1. The number of nitrogens with two attached hydrogens (primary N) is 1. The summed E-state index contributed by atoms with van der Waals surface area (Å²) in [5.41, 5.74) is 8.14. The van der Waals surface area contributed by atoms with Crippen LogP contribution in [0.3, 0.4) is 0 Å². The van der Waals surface area contributed by atoms with Crippen molar-refractivity contribution in [1.82, 2.24) is 4.90 Å². The minimum absolute atomic E-state index is 0.218. The van der Waals surface area contributed by atoms with Crippen LogP contribution in [0.5, 0.6) is 0 Å². The third kappa shape index (κ3) is 2.38. The van der Waals surface area contributed by atoms with Gasteiger partial charge in [0.2, 0.25) is 0 Å². The molecule has 1 unspecified atom stereocenters. The fraction of sp³-hybridized carbons (Fsp3) is 0.333. The van der Waals surface area contributed by atoms with E-state index in [1.807, 2.05) is 17.4 Å². The third-order valence-electron chi connectivity index (χ3n) is 3.85. The molecule has 4 heteroatoms. The summed E-state index contributed by atoms with van der Waals surface area (Å²) in [6, 6.07) is 7.71. The van der Waals surface area contributed by atoms with Crippen molar-refractivity contribution in [1.29, 1.82) is 0 Å². The Morgan fingerprint density at radius 3 is 3.05 bits per heavy atom. The maximum absolute atomic E-state index is 13.5. The van der Waals surface area contributed by atoms with Crippen LogP contribution in [-0.4, -0.2) is 11.4 Å². The van der Waals surface area contributed by atoms with Crippen LogP contribution >= 0.6 is 11.3 Å². The van der Waals surface area contributed by atoms with E-state index in [1.165, 1.54) is 10.4 Å². The quantitative estimate of drug-likeness (QED) is 0.849. The standard InChI is InChI=1S/C15H17FN2S/c1-10-12-5-7-19-15(12)4-6-18(10)9-11-2-3-14(17)13(16)8-11/h2-3,5,7-8,10H,4,6,9,17H2,1H3. The Bertz CT molecular complexity index is 594. The zero-order chi connectivity index (χ0) is 13.4. The fourth-order valence-corrected chi connectivity index (χ4v) is 3.64. The number of hydrogen-bond donors (Lipinski definition) is 1. The Labute approximate surface area is 116 Å². The monoisotopic (exact) mass is 276 g/mol. The third-order valence-corrected chi connectivity index (χ3v) is 4.85. The van der Waals surface area contributed by atoms with E-state index >= 15 is 0 Å². The molecule has 0 saturated carbocycles. The lowest BCUT2D eigenvalue weighted by molar-refractivity contribution is 0.191. The fourth-order valence-electron chi connectivity index (χ4n) is 2.68. The van der Waals surface area contributed by atoms with Gasteiger partial charge >= 0.3 is 0 Å². The summed E-state index contributed by atoms with van der Waals surface area (Å²) in [5, 5.41) is 2.16. The molecule has 0 radical (unpaired) electrons. The molecule has 0 saturated heterocycles. The molecule has 2 nitrogen and oxygen atoms in total. The van der Waals surface area contributed by atoms with Crippen molar-refractivity contribution in [2.24, 2.45) is 0 Å². The van der Waals surface area contributed by atoms with Crippen LogP contribution in [0.2, 0.25) is 0 Å². The predicted molar refractivity (Wildman–Crippen MR) is 77.7 cm³/mol. The van der Waals surface area contributed by atoms with E-state index in [9.17, 15) is 4.39 Å². The van der Waals surface area contributed by atoms with Gasteiger partial charge in [-0.25, -0.2) is 4.39 Å². The van der Waals surface area contributed by atoms with E-state index in [2.05, 4.69) is 23.3 Å². The van der Waals surface area contributed by atoms with Gasteiger partial charge in [0.25, 0.3) is 0 Å². The summed E-state index contributed by atoms with van der Waals surface area (Å²) in [6.07, 6.45) is 1.09. The molecular weight excluding hydrogens is 259 g/mol. The summed E-state index contributed by atoms with van der Waals surface area (Å²) in [5.74, 6) is -0.321. The molecule has 0 bridgehead atoms. The second kappa shape index (κ2) is 4.94. The average molecular weight is 276 g/mol. The molecule has 1 aliphatic heterocycles. The smallest absolute Gasteiger partial charge is 0.146 e. The van der Waals surface area contributed by atoms with Gasteiger partial charge in [0.15, 0.2) is 0 Å². The SMILES string of the molecule is CC1c2ccsc2CCN1Cc1ccc(N)c(F)c1. The first-order valence-corrected chi connectivity index (χ1v) is 7.37. The van der Waals surface area contributed by atoms with Crippen LogP contribution < -0.4 is 5.73 Å². The summed E-state index contributed by atoms with van der Waals surface area (Å²) < 4.78 is 13.5. The van der Waals surface area contributed by atoms with Gasteiger partial charge in [-0.15, -0.1) is 11.3 Å². The van der Waals surface area contributed by atoms with Gasteiger partial charge < -0.3 is 5.73 Å². The van der Waals surface area contributed by atoms with Crippen molar-refractivity contribution < 1.29 is 4.39 Å². The number of anilines is 1. The molecule has 2 heterocycles. The second-order valence-electron chi connectivity index (χ2n) is 5.05. The van der Waals surface area contributed by atoms with E-state index < -0.39 is 0 Å². The minimum Gasteiger partial charge on any atom is -0.396 e. The Balaban J connectivity index is 1.79. The number of fused-ring (bicyclic) bond motifs is 1. The molecule has 1 atom stereocenters. The van der Waals surface area contributed by atoms with Gasteiger partial charge in [-0.3, -0.25) is 4.90 Å². The zero-order valence-electron chi connectivity index (χ0n) is 10.9. The van der Waals surface area contributed by atoms with Crippen molar-refractivity contribution >= 4 is 17.0 Å². The molecule has 1 aromatic heterocycles. The summed E-state index contributed by atoms with van der Waals surface area (Å²) in [6.45, 7) is 4.02. The maximum Gasteiger partial charge on any atom is 0.146 e. The first-order valence-electron chi connectivity index (χ1n) is 6.49. The molecular formula is C15H17FN2S. The van der Waals surface area contributed by atoms with Crippen LogP contribution in [0.25, 0.3) is 0 Å². The van der Waals surface area contributed by atoms with Gasteiger partial charge in [-0.1, -0.05) is 6.07 Å². The van der Waals surface area contributed by atoms with E-state index in [-0.39, 0.29) is 11.5 Å². The molecule has 0 fully saturated rings. The molecule has 2 aromatic rings. The highest BCUT2D eigenvalue weighted by atomic mass is 32.1. The van der Waals surface area contributed by atoms with Gasteiger partial charge in [-0.05, 0) is 48.1 Å². The first kappa shape index (κ1) is 12.6. The molecule has 19 heavy (non-hydrogen) atoms. The lowest BCUT2D eigenvalue weighted by Crippen LogP contribution is -2.32. The van der Waals surface area contributed by atoms with E-state index in [1.54, 1.807) is 12.1 Å². The molecule has 0 amide bonds. The Morgan fingerprint density at radius 2 is 2.26 bits per heavy atom. The van der Waals surface area contributed by atoms with Gasteiger partial charge in [0.05, 0.1) is 5.69 Å². The normalized spacial score (nSPS) is 19.4. The number of hydrogen-bond acceptors (Lipinski definition) is 3. The molecule has 0 spiro atoms. The summed E-state index contributed by atoms with van der Waals surface area (Å²) in [7, 11) is 0. The van der Waals surface area contributed by atoms with Crippen molar-refractivity contribution in [3.05, 3.63) is 51.5 Å². The van der Waals surface area contributed by atoms with E-state index in [4.69, 9.17) is 5.73 Å². The largest absolute Gasteiger partial charge is 0.396 e. The highest BCUT2D eigenvalue weighted by molar-refractivity contribution is 7.10. The lowest BCUT2D eigenvalue weighted by atomic mass is 10.0. The van der Waals surface area contributed by atoms with Crippen molar-refractivity contribution in [3.8, 4) is 0 Å². The van der Waals surface area contributed by atoms with Crippen LogP contribution in [0.15, 0.2) is 29.6 Å². The number of rotatable bonds is 2. The predicted octanol–water partition coefficient (Wildman–Crippen LogP) is 3.59.